The molecule has 2 rings (SSSR count). The summed E-state index contributed by atoms with van der Waals surface area (Å²) in [5, 5.41) is 0.514. The van der Waals surface area contributed by atoms with Gasteiger partial charge in [-0.25, -0.2) is 4.79 Å². The van der Waals surface area contributed by atoms with Crippen LogP contribution in [0.2, 0.25) is 0 Å². The smallest absolute Gasteiger partial charge is 0.331 e. The van der Waals surface area contributed by atoms with Crippen LogP contribution >= 0.6 is 0 Å². The molecule has 1 heterocycles. The number of esters is 1. The van der Waals surface area contributed by atoms with E-state index < -0.39 is 17.6 Å². The Morgan fingerprint density at radius 2 is 1.85 bits per heavy atom. The van der Waals surface area contributed by atoms with Gasteiger partial charge in [-0.05, 0) is 52.2 Å². The quantitative estimate of drug-likeness (QED) is 0.622. The maximum Gasteiger partial charge on any atom is 0.331 e. The average Bonchev–Trinajstić information content (AvgIpc) is 2.57. The predicted molar refractivity (Wildman–Crippen MR) is 101 cm³/mol. The summed E-state index contributed by atoms with van der Waals surface area (Å²) >= 11 is 0. The maximum atomic E-state index is 12.5. The Labute approximate surface area is 152 Å². The van der Waals surface area contributed by atoms with E-state index in [0.717, 1.165) is 0 Å². The van der Waals surface area contributed by atoms with E-state index in [9.17, 15) is 14.4 Å². The first-order valence-corrected chi connectivity index (χ1v) is 8.79. The van der Waals surface area contributed by atoms with E-state index in [0.29, 0.717) is 30.2 Å². The van der Waals surface area contributed by atoms with Gasteiger partial charge in [-0.15, -0.1) is 0 Å². The molecule has 0 radical (unpaired) electrons. The second-order valence-electron chi connectivity index (χ2n) is 7.45. The number of hydrogen-bond donors (Lipinski definition) is 1. The fraction of sp³-hybridized carbons (Fsp3) is 0.526. The van der Waals surface area contributed by atoms with Crippen LogP contribution in [0.4, 0.5) is 0 Å². The first kappa shape index (κ1) is 19.9. The van der Waals surface area contributed by atoms with Gasteiger partial charge < -0.3 is 10.5 Å². The van der Waals surface area contributed by atoms with Gasteiger partial charge in [0.1, 0.15) is 11.6 Å². The second kappa shape index (κ2) is 7.86. The lowest BCUT2D eigenvalue weighted by Crippen LogP contribution is -2.39. The van der Waals surface area contributed by atoms with Gasteiger partial charge in [0, 0.05) is 13.6 Å². The number of benzene rings is 1. The number of fused-ring (bicyclic) bond motifs is 1. The van der Waals surface area contributed by atoms with Crippen molar-refractivity contribution < 1.29 is 9.53 Å². The normalized spacial score (nSPS) is 13.0. The highest BCUT2D eigenvalue weighted by molar-refractivity contribution is 5.77. The highest BCUT2D eigenvalue weighted by atomic mass is 16.6. The molecule has 142 valence electrons. The number of para-hydroxylation sites is 1. The minimum atomic E-state index is -0.703. The monoisotopic (exact) mass is 361 g/mol. The number of aromatic nitrogens is 2. The zero-order chi connectivity index (χ0) is 19.5. The fourth-order valence-electron chi connectivity index (χ4n) is 2.79. The summed E-state index contributed by atoms with van der Waals surface area (Å²) in [7, 11) is 1.65. The lowest BCUT2D eigenvalue weighted by molar-refractivity contribution is -0.156. The topological polar surface area (TPSA) is 96.3 Å². The molecule has 1 aromatic carbocycles. The molecule has 1 aromatic heterocycles. The van der Waals surface area contributed by atoms with E-state index >= 15 is 0 Å². The van der Waals surface area contributed by atoms with Gasteiger partial charge >= 0.3 is 11.7 Å². The average molecular weight is 361 g/mol. The van der Waals surface area contributed by atoms with Crippen molar-refractivity contribution in [3.63, 3.8) is 0 Å². The molecule has 0 amide bonds. The van der Waals surface area contributed by atoms with Crippen molar-refractivity contribution >= 4 is 16.9 Å². The summed E-state index contributed by atoms with van der Waals surface area (Å²) < 4.78 is 7.96. The Kier molecular flexibility index (Phi) is 6.02. The number of carbonyl (C=O) groups is 1. The highest BCUT2D eigenvalue weighted by Gasteiger charge is 2.21. The van der Waals surface area contributed by atoms with E-state index in [1.807, 2.05) is 0 Å². The van der Waals surface area contributed by atoms with E-state index in [1.54, 1.807) is 52.1 Å². The number of aryl methyl sites for hydroxylation is 1. The highest BCUT2D eigenvalue weighted by Crippen LogP contribution is 2.11. The molecule has 0 aliphatic carbocycles. The summed E-state index contributed by atoms with van der Waals surface area (Å²) in [5.41, 5.74) is 5.27. The zero-order valence-electron chi connectivity index (χ0n) is 15.8. The zero-order valence-corrected chi connectivity index (χ0v) is 15.8. The van der Waals surface area contributed by atoms with E-state index in [1.165, 1.54) is 9.13 Å². The summed E-state index contributed by atoms with van der Waals surface area (Å²) in [6.45, 7) is 5.66. The Balaban J connectivity index is 2.02. The van der Waals surface area contributed by atoms with Crippen LogP contribution in [0, 0.1) is 0 Å². The molecule has 0 aliphatic heterocycles. The third-order valence-corrected chi connectivity index (χ3v) is 4.12. The SMILES string of the molecule is Cn1c(=O)n(CCCC[C@@H](N)C(=O)OC(C)(C)C)c(=O)c2ccccc21. The third kappa shape index (κ3) is 4.60. The molecular formula is C19H27N3O4. The van der Waals surface area contributed by atoms with Crippen LogP contribution in [0.5, 0.6) is 0 Å². The Morgan fingerprint density at radius 3 is 2.50 bits per heavy atom. The minimum Gasteiger partial charge on any atom is -0.459 e. The van der Waals surface area contributed by atoms with Crippen LogP contribution in [0.25, 0.3) is 10.9 Å². The number of unbranched alkanes of at least 4 members (excludes halogenated alkanes) is 1. The van der Waals surface area contributed by atoms with Gasteiger partial charge in [0.05, 0.1) is 10.9 Å². The van der Waals surface area contributed by atoms with Crippen molar-refractivity contribution in [3.8, 4) is 0 Å². The summed E-state index contributed by atoms with van der Waals surface area (Å²) in [6.07, 6.45) is 1.63. The molecule has 0 saturated carbocycles. The van der Waals surface area contributed by atoms with Crippen LogP contribution < -0.4 is 17.0 Å². The summed E-state index contributed by atoms with van der Waals surface area (Å²) in [4.78, 5) is 36.8. The standard InChI is InChI=1S/C19H27N3O4/c1-19(2,3)26-17(24)14(20)10-7-8-12-22-16(23)13-9-5-6-11-15(13)21(4)18(22)25/h5-6,9,11,14H,7-8,10,12,20H2,1-4H3/t14-/m1/s1. The Hall–Kier alpha value is -2.41. The molecule has 1 atom stereocenters. The van der Waals surface area contributed by atoms with Gasteiger partial charge in [0.2, 0.25) is 0 Å². The van der Waals surface area contributed by atoms with Gasteiger partial charge in [-0.3, -0.25) is 18.7 Å². The van der Waals surface area contributed by atoms with Crippen LogP contribution in [-0.4, -0.2) is 26.7 Å². The van der Waals surface area contributed by atoms with Gasteiger partial charge in [0.15, 0.2) is 0 Å². The lowest BCUT2D eigenvalue weighted by Gasteiger charge is -2.22. The van der Waals surface area contributed by atoms with Gasteiger partial charge in [-0.2, -0.15) is 0 Å². The number of ether oxygens (including phenoxy) is 1. The Morgan fingerprint density at radius 1 is 1.19 bits per heavy atom. The van der Waals surface area contributed by atoms with Crippen LogP contribution in [-0.2, 0) is 23.1 Å². The molecule has 0 spiro atoms. The number of carbonyl (C=O) groups excluding carboxylic acids is 1. The van der Waals surface area contributed by atoms with E-state index in [4.69, 9.17) is 10.5 Å². The third-order valence-electron chi connectivity index (χ3n) is 4.12. The maximum absolute atomic E-state index is 12.5. The number of nitrogens with zero attached hydrogens (tertiary/aromatic N) is 2. The number of nitrogens with two attached hydrogens (primary N) is 1. The number of hydrogen-bond acceptors (Lipinski definition) is 5. The van der Waals surface area contributed by atoms with E-state index in [2.05, 4.69) is 0 Å². The first-order chi connectivity index (χ1) is 12.1. The number of rotatable bonds is 6. The van der Waals surface area contributed by atoms with Crippen molar-refractivity contribution in [3.05, 3.63) is 45.1 Å². The van der Waals surface area contributed by atoms with Crippen LogP contribution in [0.15, 0.2) is 33.9 Å². The van der Waals surface area contributed by atoms with Crippen LogP contribution in [0.3, 0.4) is 0 Å². The predicted octanol–water partition coefficient (Wildman–Crippen LogP) is 1.54. The lowest BCUT2D eigenvalue weighted by atomic mass is 10.1. The largest absolute Gasteiger partial charge is 0.459 e. The van der Waals surface area contributed by atoms with Crippen LogP contribution in [0.1, 0.15) is 40.0 Å². The molecular weight excluding hydrogens is 334 g/mol. The molecule has 7 nitrogen and oxygen atoms in total. The van der Waals surface area contributed by atoms with E-state index in [-0.39, 0.29) is 17.8 Å². The molecule has 0 unspecified atom stereocenters. The molecule has 0 saturated heterocycles. The molecule has 0 bridgehead atoms. The van der Waals surface area contributed by atoms with Gasteiger partial charge in [-0.1, -0.05) is 12.1 Å². The molecule has 2 N–H and O–H groups in total. The molecule has 26 heavy (non-hydrogen) atoms. The van der Waals surface area contributed by atoms with Crippen molar-refractivity contribution in [1.82, 2.24) is 9.13 Å². The van der Waals surface area contributed by atoms with Crippen molar-refractivity contribution in [2.45, 2.75) is 58.2 Å². The second-order valence-corrected chi connectivity index (χ2v) is 7.45. The Bertz CT molecular complexity index is 906. The van der Waals surface area contributed by atoms with Crippen molar-refractivity contribution in [2.24, 2.45) is 12.8 Å². The first-order valence-electron chi connectivity index (χ1n) is 8.79. The molecule has 0 fully saturated rings. The molecule has 7 heteroatoms. The summed E-state index contributed by atoms with van der Waals surface area (Å²) in [6, 6.07) is 6.33. The molecule has 0 aliphatic rings. The van der Waals surface area contributed by atoms with Crippen molar-refractivity contribution in [2.75, 3.05) is 0 Å². The molecule has 2 aromatic rings. The fourth-order valence-corrected chi connectivity index (χ4v) is 2.79. The summed E-state index contributed by atoms with van der Waals surface area (Å²) in [5.74, 6) is -0.434. The minimum absolute atomic E-state index is 0.289. The van der Waals surface area contributed by atoms with Gasteiger partial charge in [0.25, 0.3) is 5.56 Å². The van der Waals surface area contributed by atoms with Crippen molar-refractivity contribution in [1.29, 1.82) is 0 Å².